The van der Waals surface area contributed by atoms with Crippen LogP contribution in [0.3, 0.4) is 0 Å². The molecule has 290 valence electrons. The summed E-state index contributed by atoms with van der Waals surface area (Å²) in [5, 5.41) is 6.04. The van der Waals surface area contributed by atoms with Crippen molar-refractivity contribution in [1.29, 1.82) is 0 Å². The highest BCUT2D eigenvalue weighted by Crippen LogP contribution is 2.48. The third kappa shape index (κ3) is 6.09. The number of amides is 2. The molecule has 4 aromatic rings. The normalized spacial score (nSPS) is 21.7. The van der Waals surface area contributed by atoms with E-state index in [1.165, 1.54) is 26.1 Å². The molecule has 12 nitrogen and oxygen atoms in total. The number of fused-ring (bicyclic) bond motifs is 7. The number of likely N-dealkylation sites (N-methyl/N-ethyl adjacent to an activating group) is 1. The summed E-state index contributed by atoms with van der Waals surface area (Å²) < 4.78 is 38.9. The van der Waals surface area contributed by atoms with Crippen LogP contribution in [0, 0.1) is 0 Å². The number of hydrogen-bond acceptors (Lipinski definition) is 7. The number of carbonyl (C=O) groups is 2. The fourth-order valence-electron chi connectivity index (χ4n) is 9.88. The van der Waals surface area contributed by atoms with Crippen molar-refractivity contribution in [2.24, 2.45) is 0 Å². The number of allylic oxidation sites excluding steroid dienone is 1. The van der Waals surface area contributed by atoms with Gasteiger partial charge in [0.05, 0.1) is 42.8 Å². The second kappa shape index (κ2) is 13.9. The standard InChI is InChI=1S/C42H51N7O5S/c1-5-46-24-32-21-31(46)25-47(32)42(51)36-22-43-49(30-12-9-13-30)39(36)29-18-28-19-33(54-4)15-17-34(28)40-38(26-10-7-6-8-11-26)35-16-14-27(20-37(35)48(40)23-29)41(50)44-55(52,53)45(2)3/h14-20,22,26,30-32H,5-13,21,23-25H2,1-4H3,(H,44,50)/t31-,32-/m1/s1. The van der Waals surface area contributed by atoms with E-state index in [4.69, 9.17) is 9.84 Å². The van der Waals surface area contributed by atoms with Gasteiger partial charge in [-0.2, -0.15) is 17.8 Å². The Hall–Kier alpha value is -4.46. The van der Waals surface area contributed by atoms with Crippen LogP contribution in [-0.2, 0) is 16.8 Å². The third-order valence-corrected chi connectivity index (χ3v) is 14.4. The largest absolute Gasteiger partial charge is 0.497 e. The Kier molecular flexibility index (Phi) is 9.17. The van der Waals surface area contributed by atoms with Crippen LogP contribution in [0.25, 0.3) is 33.8 Å². The zero-order valence-corrected chi connectivity index (χ0v) is 33.1. The maximum atomic E-state index is 14.7. The van der Waals surface area contributed by atoms with Crippen molar-refractivity contribution in [3.63, 3.8) is 0 Å². The fourth-order valence-corrected chi connectivity index (χ4v) is 10.4. The minimum atomic E-state index is -4.00. The van der Waals surface area contributed by atoms with Gasteiger partial charge in [-0.1, -0.05) is 32.3 Å². The molecule has 2 atom stereocenters. The van der Waals surface area contributed by atoms with Crippen molar-refractivity contribution in [1.82, 2.24) is 33.2 Å². The minimum Gasteiger partial charge on any atom is -0.497 e. The van der Waals surface area contributed by atoms with Gasteiger partial charge in [-0.15, -0.1) is 0 Å². The molecule has 4 fully saturated rings. The Morgan fingerprint density at radius 3 is 2.42 bits per heavy atom. The molecule has 2 aromatic heterocycles. The molecule has 0 spiro atoms. The molecular formula is C42H51N7O5S. The number of benzene rings is 2. The maximum absolute atomic E-state index is 14.7. The molecule has 0 unspecified atom stereocenters. The van der Waals surface area contributed by atoms with Gasteiger partial charge in [0.2, 0.25) is 0 Å². The third-order valence-electron chi connectivity index (χ3n) is 13.0. The van der Waals surface area contributed by atoms with E-state index in [0.717, 1.165) is 120 Å². The molecule has 2 amide bonds. The predicted octanol–water partition coefficient (Wildman–Crippen LogP) is 6.30. The summed E-state index contributed by atoms with van der Waals surface area (Å²) >= 11 is 0. The highest BCUT2D eigenvalue weighted by molar-refractivity contribution is 7.87. The maximum Gasteiger partial charge on any atom is 0.303 e. The Morgan fingerprint density at radius 1 is 0.945 bits per heavy atom. The molecule has 13 heteroatoms. The van der Waals surface area contributed by atoms with Crippen molar-refractivity contribution in [3.05, 3.63) is 70.5 Å². The monoisotopic (exact) mass is 765 g/mol. The van der Waals surface area contributed by atoms with Gasteiger partial charge in [-0.05, 0) is 104 Å². The van der Waals surface area contributed by atoms with Gasteiger partial charge >= 0.3 is 10.2 Å². The number of ether oxygens (including phenoxy) is 1. The Labute approximate surface area is 323 Å². The fraction of sp³-hybridized carbons (Fsp3) is 0.500. The molecule has 5 aliphatic rings. The lowest BCUT2D eigenvalue weighted by Gasteiger charge is -2.34. The zero-order chi connectivity index (χ0) is 38.2. The minimum absolute atomic E-state index is 0.0429. The molecule has 0 radical (unpaired) electrons. The van der Waals surface area contributed by atoms with E-state index in [2.05, 4.69) is 48.9 Å². The summed E-state index contributed by atoms with van der Waals surface area (Å²) in [6, 6.07) is 12.6. The van der Waals surface area contributed by atoms with Gasteiger partial charge < -0.3 is 14.2 Å². The van der Waals surface area contributed by atoms with Gasteiger partial charge in [0.15, 0.2) is 0 Å². The molecule has 2 aromatic carbocycles. The van der Waals surface area contributed by atoms with Crippen molar-refractivity contribution >= 4 is 44.6 Å². The van der Waals surface area contributed by atoms with Crippen LogP contribution < -0.4 is 9.46 Å². The Balaban J connectivity index is 1.24. The van der Waals surface area contributed by atoms with E-state index < -0.39 is 16.1 Å². The molecule has 9 rings (SSSR count). The van der Waals surface area contributed by atoms with Gasteiger partial charge in [0, 0.05) is 61.3 Å². The first-order valence-corrected chi connectivity index (χ1v) is 21.4. The number of likely N-dealkylation sites (tertiary alicyclic amines) is 2. The SMILES string of the molecule is CCN1C[C@H]2C[C@@H]1CN2C(=O)c1cnn(C2CCC2)c1C1=Cc2cc(OC)ccc2-c2c(C3CCCCC3)c3ccc(C(=O)NS(=O)(=O)N(C)C)cc3n2C1. The van der Waals surface area contributed by atoms with Crippen LogP contribution in [0.5, 0.6) is 5.75 Å². The van der Waals surface area contributed by atoms with Gasteiger partial charge in [-0.3, -0.25) is 19.2 Å². The molecule has 5 heterocycles. The van der Waals surface area contributed by atoms with Crippen LogP contribution in [-0.4, -0.2) is 102 Å². The lowest BCUT2D eigenvalue weighted by molar-refractivity contribution is 0.0630. The molecule has 1 N–H and O–H groups in total. The lowest BCUT2D eigenvalue weighted by Crippen LogP contribution is -2.48. The van der Waals surface area contributed by atoms with Gasteiger partial charge in [0.1, 0.15) is 5.75 Å². The average molecular weight is 766 g/mol. The first-order chi connectivity index (χ1) is 26.6. The topological polar surface area (TPSA) is 122 Å². The summed E-state index contributed by atoms with van der Waals surface area (Å²) in [6.07, 6.45) is 13.8. The molecule has 2 saturated heterocycles. The summed E-state index contributed by atoms with van der Waals surface area (Å²) in [5.74, 6) is 0.430. The number of rotatable bonds is 9. The van der Waals surface area contributed by atoms with E-state index in [1.807, 2.05) is 18.2 Å². The average Bonchev–Trinajstić information content (AvgIpc) is 3.93. The lowest BCUT2D eigenvalue weighted by atomic mass is 9.81. The van der Waals surface area contributed by atoms with Crippen molar-refractivity contribution in [2.75, 3.05) is 40.8 Å². The predicted molar refractivity (Wildman–Crippen MR) is 213 cm³/mol. The zero-order valence-electron chi connectivity index (χ0n) is 32.3. The first kappa shape index (κ1) is 36.2. The number of nitrogens with one attached hydrogen (secondary N) is 1. The van der Waals surface area contributed by atoms with Crippen LogP contribution in [0.2, 0.25) is 0 Å². The second-order valence-electron chi connectivity index (χ2n) is 16.3. The van der Waals surface area contributed by atoms with E-state index in [-0.39, 0.29) is 23.6 Å². The number of hydrogen-bond donors (Lipinski definition) is 1. The van der Waals surface area contributed by atoms with Gasteiger partial charge in [0.25, 0.3) is 11.8 Å². The van der Waals surface area contributed by atoms with Crippen LogP contribution in [0.15, 0.2) is 42.6 Å². The first-order valence-electron chi connectivity index (χ1n) is 20.0. The smallest absolute Gasteiger partial charge is 0.303 e. The Bertz CT molecular complexity index is 2330. The molecule has 2 saturated carbocycles. The molecule has 2 bridgehead atoms. The quantitative estimate of drug-likeness (QED) is 0.213. The van der Waals surface area contributed by atoms with E-state index in [9.17, 15) is 18.0 Å². The van der Waals surface area contributed by atoms with Crippen LogP contribution in [0.1, 0.15) is 114 Å². The summed E-state index contributed by atoms with van der Waals surface area (Å²) in [5.41, 5.74) is 8.02. The summed E-state index contributed by atoms with van der Waals surface area (Å²) in [6.45, 7) is 5.26. The number of aromatic nitrogens is 3. The van der Waals surface area contributed by atoms with Crippen LogP contribution in [0.4, 0.5) is 0 Å². The Morgan fingerprint density at radius 2 is 1.75 bits per heavy atom. The number of piperazine rings is 1. The molecule has 55 heavy (non-hydrogen) atoms. The second-order valence-corrected chi connectivity index (χ2v) is 18.2. The molecule has 3 aliphatic heterocycles. The number of methoxy groups -OCH3 is 1. The number of nitrogens with zero attached hydrogens (tertiary/aromatic N) is 6. The van der Waals surface area contributed by atoms with Crippen molar-refractivity contribution in [3.8, 4) is 17.0 Å². The summed E-state index contributed by atoms with van der Waals surface area (Å²) in [7, 11) is 0.469. The number of carbonyl (C=O) groups excluding carboxylic acids is 2. The highest BCUT2D eigenvalue weighted by atomic mass is 32.2. The van der Waals surface area contributed by atoms with Crippen molar-refractivity contribution in [2.45, 2.75) is 95.3 Å². The van der Waals surface area contributed by atoms with E-state index >= 15 is 0 Å². The molecular weight excluding hydrogens is 715 g/mol. The van der Waals surface area contributed by atoms with Crippen LogP contribution >= 0.6 is 0 Å². The highest BCUT2D eigenvalue weighted by Gasteiger charge is 2.46. The molecule has 2 aliphatic carbocycles. The summed E-state index contributed by atoms with van der Waals surface area (Å²) in [4.78, 5) is 32.9. The van der Waals surface area contributed by atoms with Crippen molar-refractivity contribution < 1.29 is 22.7 Å². The van der Waals surface area contributed by atoms with Gasteiger partial charge in [-0.25, -0.2) is 4.72 Å². The van der Waals surface area contributed by atoms with E-state index in [0.29, 0.717) is 24.1 Å². The van der Waals surface area contributed by atoms with E-state index in [1.54, 1.807) is 19.4 Å².